The summed E-state index contributed by atoms with van der Waals surface area (Å²) in [7, 11) is 0. The van der Waals surface area contributed by atoms with Crippen LogP contribution < -0.4 is 5.32 Å². The van der Waals surface area contributed by atoms with E-state index in [2.05, 4.69) is 29.4 Å². The number of rotatable bonds is 4. The van der Waals surface area contributed by atoms with Crippen molar-refractivity contribution in [1.29, 1.82) is 0 Å². The van der Waals surface area contributed by atoms with Crippen LogP contribution >= 0.6 is 11.3 Å². The second-order valence-electron chi connectivity index (χ2n) is 5.30. The van der Waals surface area contributed by atoms with Crippen molar-refractivity contribution in [2.45, 2.75) is 26.7 Å². The highest BCUT2D eigenvalue weighted by Gasteiger charge is 2.31. The van der Waals surface area contributed by atoms with Crippen LogP contribution in [0.3, 0.4) is 0 Å². The Bertz CT molecular complexity index is 503. The number of aliphatic carboxylic acids is 1. The van der Waals surface area contributed by atoms with Gasteiger partial charge in [0.2, 0.25) is 5.13 Å². The van der Waals surface area contributed by atoms with E-state index in [9.17, 15) is 9.59 Å². The van der Waals surface area contributed by atoms with Crippen LogP contribution in [0.25, 0.3) is 0 Å². The van der Waals surface area contributed by atoms with E-state index in [-0.39, 0.29) is 12.6 Å². The number of hydrogen-bond acceptors (Lipinski definition) is 5. The number of carbonyl (C=O) groups is 2. The fourth-order valence-electron chi connectivity index (χ4n) is 2.05. The van der Waals surface area contributed by atoms with Gasteiger partial charge < -0.3 is 10.0 Å². The molecule has 2 amide bonds. The molecule has 1 aromatic rings. The number of likely N-dealkylation sites (tertiary alicyclic amines) is 1. The molecule has 0 radical (unpaired) electrons. The zero-order valence-corrected chi connectivity index (χ0v) is 12.3. The lowest BCUT2D eigenvalue weighted by Gasteiger charge is -2.14. The summed E-state index contributed by atoms with van der Waals surface area (Å²) < 4.78 is 0. The summed E-state index contributed by atoms with van der Waals surface area (Å²) in [6.07, 6.45) is 1.33. The third-order valence-corrected chi connectivity index (χ3v) is 3.95. The first-order valence-corrected chi connectivity index (χ1v) is 7.38. The van der Waals surface area contributed by atoms with E-state index < -0.39 is 11.9 Å². The third-order valence-electron chi connectivity index (χ3n) is 3.09. The minimum absolute atomic E-state index is 0.249. The lowest BCUT2D eigenvalue weighted by molar-refractivity contribution is -0.141. The summed E-state index contributed by atoms with van der Waals surface area (Å²) in [5.41, 5.74) is 0. The number of urea groups is 1. The van der Waals surface area contributed by atoms with E-state index in [0.29, 0.717) is 24.0 Å². The van der Waals surface area contributed by atoms with Crippen molar-refractivity contribution in [1.82, 2.24) is 15.1 Å². The van der Waals surface area contributed by atoms with Crippen molar-refractivity contribution in [3.05, 3.63) is 5.01 Å². The van der Waals surface area contributed by atoms with Gasteiger partial charge in [-0.15, -0.1) is 10.2 Å². The fraction of sp³-hybridized carbons (Fsp3) is 0.667. The Morgan fingerprint density at radius 2 is 2.25 bits per heavy atom. The van der Waals surface area contributed by atoms with Gasteiger partial charge in [-0.2, -0.15) is 0 Å². The van der Waals surface area contributed by atoms with Gasteiger partial charge in [0.25, 0.3) is 0 Å². The number of hydrogen-bond donors (Lipinski definition) is 2. The van der Waals surface area contributed by atoms with Crippen LogP contribution in [0.5, 0.6) is 0 Å². The molecule has 0 aromatic carbocycles. The Morgan fingerprint density at radius 3 is 2.85 bits per heavy atom. The van der Waals surface area contributed by atoms with Crippen LogP contribution in [0, 0.1) is 11.8 Å². The van der Waals surface area contributed by atoms with Gasteiger partial charge in [0.1, 0.15) is 5.01 Å². The number of aromatic nitrogens is 2. The molecule has 0 spiro atoms. The summed E-state index contributed by atoms with van der Waals surface area (Å²) in [5, 5.41) is 20.9. The largest absolute Gasteiger partial charge is 0.481 e. The summed E-state index contributed by atoms with van der Waals surface area (Å²) in [6, 6.07) is -0.305. The minimum atomic E-state index is -0.851. The van der Waals surface area contributed by atoms with Crippen molar-refractivity contribution in [3.63, 3.8) is 0 Å². The molecule has 110 valence electrons. The highest BCUT2D eigenvalue weighted by atomic mass is 32.1. The SMILES string of the molecule is CC(C)Cc1nnc(NC(=O)N2CCC(C(=O)O)C2)s1. The predicted molar refractivity (Wildman–Crippen MR) is 74.8 cm³/mol. The van der Waals surface area contributed by atoms with Crippen LogP contribution in [0.4, 0.5) is 9.93 Å². The first kappa shape index (κ1) is 14.7. The molecular weight excluding hydrogens is 280 g/mol. The van der Waals surface area contributed by atoms with Crippen LogP contribution in [-0.2, 0) is 11.2 Å². The summed E-state index contributed by atoms with van der Waals surface area (Å²) in [4.78, 5) is 24.3. The van der Waals surface area contributed by atoms with Gasteiger partial charge in [0.15, 0.2) is 0 Å². The molecule has 0 bridgehead atoms. The predicted octanol–water partition coefficient (Wildman–Crippen LogP) is 1.68. The Morgan fingerprint density at radius 1 is 1.50 bits per heavy atom. The van der Waals surface area contributed by atoms with Crippen molar-refractivity contribution in [2.24, 2.45) is 11.8 Å². The van der Waals surface area contributed by atoms with Crippen molar-refractivity contribution in [3.8, 4) is 0 Å². The van der Waals surface area contributed by atoms with Crippen molar-refractivity contribution in [2.75, 3.05) is 18.4 Å². The average molecular weight is 298 g/mol. The highest BCUT2D eigenvalue weighted by molar-refractivity contribution is 7.15. The highest BCUT2D eigenvalue weighted by Crippen LogP contribution is 2.21. The Kier molecular flexibility index (Phi) is 4.53. The summed E-state index contributed by atoms with van der Waals surface area (Å²) in [6.45, 7) is 4.89. The van der Waals surface area contributed by atoms with Gasteiger partial charge in [-0.05, 0) is 12.3 Å². The molecule has 2 heterocycles. The number of carbonyl (C=O) groups excluding carboxylic acids is 1. The minimum Gasteiger partial charge on any atom is -0.481 e. The Balaban J connectivity index is 1.88. The van der Waals surface area contributed by atoms with Gasteiger partial charge in [0.05, 0.1) is 5.92 Å². The molecule has 1 aliphatic heterocycles. The van der Waals surface area contributed by atoms with E-state index in [1.807, 2.05) is 0 Å². The monoisotopic (exact) mass is 298 g/mol. The smallest absolute Gasteiger partial charge is 0.323 e. The molecule has 1 aromatic heterocycles. The van der Waals surface area contributed by atoms with Crippen LogP contribution in [0.1, 0.15) is 25.3 Å². The van der Waals surface area contributed by atoms with Gasteiger partial charge in [-0.1, -0.05) is 25.2 Å². The molecule has 0 saturated carbocycles. The fourth-order valence-corrected chi connectivity index (χ4v) is 2.99. The molecule has 0 aliphatic carbocycles. The number of carboxylic acid groups (broad SMARTS) is 1. The Labute approximate surface area is 121 Å². The summed E-state index contributed by atoms with van der Waals surface area (Å²) >= 11 is 1.36. The van der Waals surface area contributed by atoms with Gasteiger partial charge in [-0.25, -0.2) is 4.79 Å². The van der Waals surface area contributed by atoms with Crippen LogP contribution in [0.15, 0.2) is 0 Å². The third kappa shape index (κ3) is 3.66. The second kappa shape index (κ2) is 6.17. The van der Waals surface area contributed by atoms with E-state index in [1.165, 1.54) is 16.2 Å². The lowest BCUT2D eigenvalue weighted by atomic mass is 10.1. The quantitative estimate of drug-likeness (QED) is 0.881. The zero-order valence-electron chi connectivity index (χ0n) is 11.5. The first-order chi connectivity index (χ1) is 9.45. The van der Waals surface area contributed by atoms with Crippen LogP contribution in [0.2, 0.25) is 0 Å². The molecule has 2 N–H and O–H groups in total. The molecule has 1 unspecified atom stereocenters. The van der Waals surface area contributed by atoms with Gasteiger partial charge in [0, 0.05) is 19.5 Å². The lowest BCUT2D eigenvalue weighted by Crippen LogP contribution is -2.33. The van der Waals surface area contributed by atoms with Gasteiger partial charge in [-0.3, -0.25) is 10.1 Å². The topological polar surface area (TPSA) is 95.4 Å². The Hall–Kier alpha value is -1.70. The molecule has 1 atom stereocenters. The van der Waals surface area contributed by atoms with Crippen LogP contribution in [-0.4, -0.2) is 45.3 Å². The number of nitrogens with one attached hydrogen (secondary N) is 1. The molecule has 1 fully saturated rings. The van der Waals surface area contributed by atoms with Crippen molar-refractivity contribution >= 4 is 28.5 Å². The molecule has 20 heavy (non-hydrogen) atoms. The number of nitrogens with zero attached hydrogens (tertiary/aromatic N) is 3. The maximum absolute atomic E-state index is 12.0. The molecule has 7 nitrogen and oxygen atoms in total. The normalized spacial score (nSPS) is 18.6. The first-order valence-electron chi connectivity index (χ1n) is 6.57. The maximum atomic E-state index is 12.0. The molecular formula is C12H18N4O3S. The average Bonchev–Trinajstić information content (AvgIpc) is 2.97. The molecule has 8 heteroatoms. The number of carboxylic acids is 1. The zero-order chi connectivity index (χ0) is 14.7. The maximum Gasteiger partial charge on any atom is 0.323 e. The van der Waals surface area contributed by atoms with E-state index >= 15 is 0 Å². The molecule has 2 rings (SSSR count). The van der Waals surface area contributed by atoms with Gasteiger partial charge >= 0.3 is 12.0 Å². The number of amides is 2. The van der Waals surface area contributed by atoms with Crippen molar-refractivity contribution < 1.29 is 14.7 Å². The number of anilines is 1. The van der Waals surface area contributed by atoms with E-state index in [0.717, 1.165) is 11.4 Å². The standard InChI is InChI=1S/C12H18N4O3S/c1-7(2)5-9-14-15-11(20-9)13-12(19)16-4-3-8(6-16)10(17)18/h7-8H,3-6H2,1-2H3,(H,17,18)(H,13,15,19). The molecule has 1 saturated heterocycles. The van der Waals surface area contributed by atoms with E-state index in [4.69, 9.17) is 5.11 Å². The molecule has 1 aliphatic rings. The second-order valence-corrected chi connectivity index (χ2v) is 6.36. The van der Waals surface area contributed by atoms with E-state index in [1.54, 1.807) is 0 Å². The summed E-state index contributed by atoms with van der Waals surface area (Å²) in [5.74, 6) is -0.830.